The molecular weight excluding hydrogens is 368 g/mol. The summed E-state index contributed by atoms with van der Waals surface area (Å²) in [6.45, 7) is 0.425. The minimum atomic E-state index is -1.07. The first-order valence-electron chi connectivity index (χ1n) is 8.63. The zero-order valence-electron chi connectivity index (χ0n) is 14.8. The summed E-state index contributed by atoms with van der Waals surface area (Å²) in [6.07, 6.45) is -0.0972. The number of halogens is 1. The predicted molar refractivity (Wildman–Crippen MR) is 105 cm³/mol. The number of fused-ring (bicyclic) bond motifs is 3. The van der Waals surface area contributed by atoms with Crippen LogP contribution in [0, 0.1) is 0 Å². The van der Waals surface area contributed by atoms with E-state index in [-0.39, 0.29) is 31.5 Å². The highest BCUT2D eigenvalue weighted by Gasteiger charge is 2.29. The summed E-state index contributed by atoms with van der Waals surface area (Å²) in [6, 6.07) is 16.1. The third-order valence-corrected chi connectivity index (χ3v) is 4.55. The van der Waals surface area contributed by atoms with Crippen LogP contribution in [-0.4, -0.2) is 48.3 Å². The Bertz CT molecular complexity index is 767. The number of hydrogen-bond donors (Lipinski definition) is 2. The number of amides is 1. The third kappa shape index (κ3) is 4.59. The standard InChI is InChI=1S/C20H22N2O4.ClH/c21-10-5-11-22(12-19(23)24)20(25)26-13-18-16-8-3-1-6-14(16)15-7-2-4-9-17(15)18;/h1-4,6-9,18H,5,10-13,21H2,(H,23,24);1H. The maximum atomic E-state index is 12.4. The molecule has 7 heteroatoms. The summed E-state index contributed by atoms with van der Waals surface area (Å²) in [7, 11) is 0. The number of hydrogen-bond acceptors (Lipinski definition) is 4. The van der Waals surface area contributed by atoms with Crippen molar-refractivity contribution in [2.75, 3.05) is 26.2 Å². The number of nitrogens with zero attached hydrogens (tertiary/aromatic N) is 1. The molecule has 2 aromatic rings. The predicted octanol–water partition coefficient (Wildman–Crippen LogP) is 3.09. The third-order valence-electron chi connectivity index (χ3n) is 4.55. The highest BCUT2D eigenvalue weighted by Crippen LogP contribution is 2.44. The first kappa shape index (κ1) is 20.7. The molecule has 0 aromatic heterocycles. The fourth-order valence-corrected chi connectivity index (χ4v) is 3.37. The van der Waals surface area contributed by atoms with Gasteiger partial charge in [0.2, 0.25) is 0 Å². The lowest BCUT2D eigenvalue weighted by molar-refractivity contribution is -0.138. The Kier molecular flexibility index (Phi) is 7.21. The molecule has 1 aliphatic rings. The van der Waals surface area contributed by atoms with Crippen LogP contribution in [0.4, 0.5) is 4.79 Å². The van der Waals surface area contributed by atoms with Crippen LogP contribution in [0.25, 0.3) is 11.1 Å². The molecule has 1 amide bonds. The van der Waals surface area contributed by atoms with Crippen molar-refractivity contribution in [2.45, 2.75) is 12.3 Å². The van der Waals surface area contributed by atoms with Gasteiger partial charge in [-0.2, -0.15) is 0 Å². The van der Waals surface area contributed by atoms with Crippen molar-refractivity contribution in [3.05, 3.63) is 59.7 Å². The fraction of sp³-hybridized carbons (Fsp3) is 0.300. The van der Waals surface area contributed by atoms with E-state index >= 15 is 0 Å². The molecule has 2 aromatic carbocycles. The van der Waals surface area contributed by atoms with E-state index in [4.69, 9.17) is 15.6 Å². The fourth-order valence-electron chi connectivity index (χ4n) is 3.37. The number of ether oxygens (including phenoxy) is 1. The van der Waals surface area contributed by atoms with Gasteiger partial charge in [0.1, 0.15) is 13.2 Å². The maximum Gasteiger partial charge on any atom is 0.410 e. The van der Waals surface area contributed by atoms with Gasteiger partial charge >= 0.3 is 12.1 Å². The van der Waals surface area contributed by atoms with Gasteiger partial charge in [-0.05, 0) is 35.2 Å². The van der Waals surface area contributed by atoms with Gasteiger partial charge in [0.15, 0.2) is 0 Å². The Morgan fingerprint density at radius 2 is 1.59 bits per heavy atom. The monoisotopic (exact) mass is 390 g/mol. The Balaban J connectivity index is 0.00000261. The van der Waals surface area contributed by atoms with E-state index in [2.05, 4.69) is 12.1 Å². The van der Waals surface area contributed by atoms with Crippen LogP contribution in [0.5, 0.6) is 0 Å². The van der Waals surface area contributed by atoms with E-state index in [1.165, 1.54) is 4.90 Å². The Morgan fingerprint density at radius 1 is 1.04 bits per heavy atom. The minimum Gasteiger partial charge on any atom is -0.480 e. The number of carboxylic acids is 1. The Morgan fingerprint density at radius 3 is 2.11 bits per heavy atom. The van der Waals surface area contributed by atoms with Crippen molar-refractivity contribution in [1.29, 1.82) is 0 Å². The molecule has 6 nitrogen and oxygen atoms in total. The van der Waals surface area contributed by atoms with Gasteiger partial charge in [0, 0.05) is 12.5 Å². The molecule has 0 spiro atoms. The molecule has 0 bridgehead atoms. The minimum absolute atomic E-state index is 0. The van der Waals surface area contributed by atoms with E-state index in [0.717, 1.165) is 22.3 Å². The molecule has 0 unspecified atom stereocenters. The SMILES string of the molecule is Cl.NCCCN(CC(=O)O)C(=O)OCC1c2ccccc2-c2ccccc21. The molecule has 0 atom stereocenters. The van der Waals surface area contributed by atoms with E-state index in [0.29, 0.717) is 13.0 Å². The van der Waals surface area contributed by atoms with Gasteiger partial charge in [-0.3, -0.25) is 9.69 Å². The highest BCUT2D eigenvalue weighted by atomic mass is 35.5. The number of carboxylic acid groups (broad SMARTS) is 1. The molecule has 0 aliphatic heterocycles. The molecule has 144 valence electrons. The molecule has 0 saturated heterocycles. The summed E-state index contributed by atoms with van der Waals surface area (Å²) in [5.74, 6) is -1.12. The van der Waals surface area contributed by atoms with Crippen molar-refractivity contribution in [3.63, 3.8) is 0 Å². The summed E-state index contributed by atoms with van der Waals surface area (Å²) in [5.41, 5.74) is 9.99. The molecule has 0 fully saturated rings. The average Bonchev–Trinajstić information content (AvgIpc) is 2.97. The molecule has 0 saturated carbocycles. The van der Waals surface area contributed by atoms with Gasteiger partial charge in [0.05, 0.1) is 0 Å². The first-order valence-corrected chi connectivity index (χ1v) is 8.63. The lowest BCUT2D eigenvalue weighted by Gasteiger charge is -2.21. The second-order valence-corrected chi connectivity index (χ2v) is 6.26. The number of rotatable bonds is 7. The van der Waals surface area contributed by atoms with Crippen LogP contribution < -0.4 is 5.73 Å². The van der Waals surface area contributed by atoms with Crippen molar-refractivity contribution in [2.24, 2.45) is 5.73 Å². The van der Waals surface area contributed by atoms with Gasteiger partial charge in [-0.1, -0.05) is 48.5 Å². The molecule has 0 radical (unpaired) electrons. The number of carbonyl (C=O) groups excluding carboxylic acids is 1. The topological polar surface area (TPSA) is 92.9 Å². The summed E-state index contributed by atoms with van der Waals surface area (Å²) in [5, 5.41) is 8.99. The van der Waals surface area contributed by atoms with Crippen LogP contribution >= 0.6 is 12.4 Å². The van der Waals surface area contributed by atoms with Gasteiger partial charge < -0.3 is 15.6 Å². The number of nitrogens with two attached hydrogens (primary N) is 1. The van der Waals surface area contributed by atoms with Gasteiger partial charge in [0.25, 0.3) is 0 Å². The van der Waals surface area contributed by atoms with Crippen LogP contribution in [0.2, 0.25) is 0 Å². The summed E-state index contributed by atoms with van der Waals surface area (Å²) < 4.78 is 5.48. The van der Waals surface area contributed by atoms with Gasteiger partial charge in [-0.15, -0.1) is 12.4 Å². The zero-order valence-corrected chi connectivity index (χ0v) is 15.7. The largest absolute Gasteiger partial charge is 0.480 e. The van der Waals surface area contributed by atoms with Crippen LogP contribution in [-0.2, 0) is 9.53 Å². The highest BCUT2D eigenvalue weighted by molar-refractivity contribution is 5.85. The normalized spacial score (nSPS) is 11.9. The Hall–Kier alpha value is -2.57. The van der Waals surface area contributed by atoms with Crippen LogP contribution in [0.15, 0.2) is 48.5 Å². The van der Waals surface area contributed by atoms with Crippen LogP contribution in [0.1, 0.15) is 23.5 Å². The lowest BCUT2D eigenvalue weighted by atomic mass is 9.98. The van der Waals surface area contributed by atoms with E-state index in [1.54, 1.807) is 0 Å². The summed E-state index contributed by atoms with van der Waals surface area (Å²) in [4.78, 5) is 24.5. The lowest BCUT2D eigenvalue weighted by Crippen LogP contribution is -2.38. The smallest absolute Gasteiger partial charge is 0.410 e. The molecule has 27 heavy (non-hydrogen) atoms. The number of benzene rings is 2. The molecule has 0 heterocycles. The average molecular weight is 391 g/mol. The molecule has 3 N–H and O–H groups in total. The van der Waals surface area contributed by atoms with E-state index in [1.807, 2.05) is 36.4 Å². The quantitative estimate of drug-likeness (QED) is 0.757. The second kappa shape index (κ2) is 9.39. The number of aliphatic carboxylic acids is 1. The Labute approximate surface area is 164 Å². The van der Waals surface area contributed by atoms with Crippen molar-refractivity contribution >= 4 is 24.5 Å². The van der Waals surface area contributed by atoms with Crippen molar-refractivity contribution in [1.82, 2.24) is 4.90 Å². The number of carbonyl (C=O) groups is 2. The van der Waals surface area contributed by atoms with Crippen molar-refractivity contribution < 1.29 is 19.4 Å². The second-order valence-electron chi connectivity index (χ2n) is 6.26. The van der Waals surface area contributed by atoms with Crippen molar-refractivity contribution in [3.8, 4) is 11.1 Å². The van der Waals surface area contributed by atoms with Crippen LogP contribution in [0.3, 0.4) is 0 Å². The molecule has 3 rings (SSSR count). The van der Waals surface area contributed by atoms with Gasteiger partial charge in [-0.25, -0.2) is 4.79 Å². The maximum absolute atomic E-state index is 12.4. The van der Waals surface area contributed by atoms with E-state index < -0.39 is 18.6 Å². The van der Waals surface area contributed by atoms with E-state index in [9.17, 15) is 9.59 Å². The zero-order chi connectivity index (χ0) is 18.5. The molecule has 1 aliphatic carbocycles. The summed E-state index contributed by atoms with van der Waals surface area (Å²) >= 11 is 0. The molecular formula is C20H23ClN2O4. The first-order chi connectivity index (χ1) is 12.6.